The zero-order valence-electron chi connectivity index (χ0n) is 14.4. The summed E-state index contributed by atoms with van der Waals surface area (Å²) in [7, 11) is 0. The quantitative estimate of drug-likeness (QED) is 0.525. The second kappa shape index (κ2) is 6.43. The molecule has 3 rings (SSSR count). The van der Waals surface area contributed by atoms with Crippen molar-refractivity contribution in [3.8, 4) is 0 Å². The van der Waals surface area contributed by atoms with Crippen molar-refractivity contribution >= 4 is 34.0 Å². The number of nitrogens with one attached hydrogen (secondary N) is 2. The molecule has 128 valence electrons. The highest BCUT2D eigenvalue weighted by atomic mass is 16.6. The number of benzene rings is 2. The van der Waals surface area contributed by atoms with Crippen LogP contribution in [0.15, 0.2) is 59.2 Å². The fourth-order valence-corrected chi connectivity index (χ4v) is 2.47. The second-order valence-electron chi connectivity index (χ2n) is 6.69. The van der Waals surface area contributed by atoms with Gasteiger partial charge in [-0.05, 0) is 39.0 Å². The number of hydrogen-bond acceptors (Lipinski definition) is 5. The molecule has 1 aromatic heterocycles. The highest BCUT2D eigenvalue weighted by Crippen LogP contribution is 2.30. The summed E-state index contributed by atoms with van der Waals surface area (Å²) in [4.78, 5) is 12.2. The normalized spacial score (nSPS) is 11.3. The Morgan fingerprint density at radius 2 is 1.72 bits per heavy atom. The lowest BCUT2D eigenvalue weighted by Crippen LogP contribution is -2.29. The lowest BCUT2D eigenvalue weighted by Gasteiger charge is -2.20. The van der Waals surface area contributed by atoms with Gasteiger partial charge in [0.05, 0.1) is 5.69 Å². The van der Waals surface area contributed by atoms with E-state index < -0.39 is 11.6 Å². The highest BCUT2D eigenvalue weighted by molar-refractivity contribution is 6.43. The molecule has 0 spiro atoms. The van der Waals surface area contributed by atoms with Crippen molar-refractivity contribution in [3.63, 3.8) is 0 Å². The van der Waals surface area contributed by atoms with Gasteiger partial charge in [-0.2, -0.15) is 0 Å². The predicted octanol–water partition coefficient (Wildman–Crippen LogP) is 4.89. The minimum absolute atomic E-state index is 0.189. The SMILES string of the molecule is CC(C)(C)OC(=O)C(=N)c1ccccc1Nc1coc2ccccc12. The Morgan fingerprint density at radius 3 is 2.48 bits per heavy atom. The Kier molecular flexibility index (Phi) is 4.31. The first-order chi connectivity index (χ1) is 11.8. The summed E-state index contributed by atoms with van der Waals surface area (Å²) in [5, 5.41) is 12.4. The summed E-state index contributed by atoms with van der Waals surface area (Å²) < 4.78 is 10.8. The van der Waals surface area contributed by atoms with Crippen LogP contribution in [0.4, 0.5) is 11.4 Å². The van der Waals surface area contributed by atoms with Crippen LogP contribution in [-0.4, -0.2) is 17.3 Å². The number of ether oxygens (including phenoxy) is 1. The van der Waals surface area contributed by atoms with Gasteiger partial charge in [-0.1, -0.05) is 30.3 Å². The fourth-order valence-electron chi connectivity index (χ4n) is 2.47. The van der Waals surface area contributed by atoms with Gasteiger partial charge in [0.25, 0.3) is 0 Å². The number of hydrogen-bond donors (Lipinski definition) is 2. The molecule has 0 radical (unpaired) electrons. The molecule has 2 aromatic carbocycles. The number of carbonyl (C=O) groups excluding carboxylic acids is 1. The lowest BCUT2D eigenvalue weighted by molar-refractivity contribution is -0.146. The number of esters is 1. The molecule has 0 bridgehead atoms. The minimum atomic E-state index is -0.654. The van der Waals surface area contributed by atoms with Crippen LogP contribution < -0.4 is 5.32 Å². The summed E-state index contributed by atoms with van der Waals surface area (Å²) in [6.45, 7) is 5.33. The fraction of sp³-hybridized carbons (Fsp3) is 0.200. The van der Waals surface area contributed by atoms with Gasteiger partial charge in [-0.25, -0.2) is 4.79 Å². The van der Waals surface area contributed by atoms with Gasteiger partial charge >= 0.3 is 5.97 Å². The zero-order chi connectivity index (χ0) is 18.0. The molecule has 2 N–H and O–H groups in total. The maximum atomic E-state index is 12.2. The van der Waals surface area contributed by atoms with Gasteiger partial charge in [0, 0.05) is 16.6 Å². The summed E-state index contributed by atoms with van der Waals surface area (Å²) in [5.41, 5.74) is 1.83. The minimum Gasteiger partial charge on any atom is -0.462 e. The number of furan rings is 1. The molecular weight excluding hydrogens is 316 g/mol. The van der Waals surface area contributed by atoms with E-state index in [1.807, 2.05) is 36.4 Å². The summed E-state index contributed by atoms with van der Waals surface area (Å²) in [6.07, 6.45) is 1.62. The number of para-hydroxylation sites is 2. The average Bonchev–Trinajstić information content (AvgIpc) is 2.96. The smallest absolute Gasteiger partial charge is 0.357 e. The van der Waals surface area contributed by atoms with Crippen LogP contribution in [0.2, 0.25) is 0 Å². The Balaban J connectivity index is 1.91. The standard InChI is InChI=1S/C20H20N2O3/c1-20(2,3)25-19(23)18(21)14-9-4-6-10-15(14)22-16-12-24-17-11-7-5-8-13(16)17/h4-12,21-22H,1-3H3. The molecule has 0 saturated carbocycles. The van der Waals surface area contributed by atoms with Gasteiger partial charge in [0.1, 0.15) is 23.2 Å². The van der Waals surface area contributed by atoms with Crippen LogP contribution in [0.3, 0.4) is 0 Å². The Bertz CT molecular complexity index is 935. The van der Waals surface area contributed by atoms with Gasteiger partial charge in [0.2, 0.25) is 0 Å². The van der Waals surface area contributed by atoms with Crippen LogP contribution in [0.5, 0.6) is 0 Å². The van der Waals surface area contributed by atoms with Crippen LogP contribution in [0, 0.1) is 5.41 Å². The first kappa shape index (κ1) is 16.8. The van der Waals surface area contributed by atoms with E-state index in [2.05, 4.69) is 5.32 Å². The van der Waals surface area contributed by atoms with E-state index in [1.54, 1.807) is 39.2 Å². The number of rotatable bonds is 4. The Labute approximate surface area is 146 Å². The average molecular weight is 336 g/mol. The maximum Gasteiger partial charge on any atom is 0.357 e. The van der Waals surface area contributed by atoms with Crippen molar-refractivity contribution in [2.75, 3.05) is 5.32 Å². The molecule has 5 heteroatoms. The van der Waals surface area contributed by atoms with Crippen molar-refractivity contribution < 1.29 is 13.9 Å². The lowest BCUT2D eigenvalue weighted by atomic mass is 10.1. The van der Waals surface area contributed by atoms with E-state index >= 15 is 0 Å². The van der Waals surface area contributed by atoms with Crippen molar-refractivity contribution in [2.45, 2.75) is 26.4 Å². The first-order valence-corrected chi connectivity index (χ1v) is 8.00. The van der Waals surface area contributed by atoms with Crippen molar-refractivity contribution in [3.05, 3.63) is 60.4 Å². The second-order valence-corrected chi connectivity index (χ2v) is 6.69. The van der Waals surface area contributed by atoms with Crippen molar-refractivity contribution in [2.24, 2.45) is 0 Å². The Morgan fingerprint density at radius 1 is 1.04 bits per heavy atom. The van der Waals surface area contributed by atoms with E-state index in [4.69, 9.17) is 14.6 Å². The third-order valence-electron chi connectivity index (χ3n) is 3.55. The molecule has 0 amide bonds. The van der Waals surface area contributed by atoms with E-state index in [-0.39, 0.29) is 5.71 Å². The molecule has 25 heavy (non-hydrogen) atoms. The molecule has 0 unspecified atom stereocenters. The summed E-state index contributed by atoms with van der Waals surface area (Å²) in [6, 6.07) is 14.8. The van der Waals surface area contributed by atoms with Crippen LogP contribution >= 0.6 is 0 Å². The molecule has 0 aliphatic heterocycles. The monoisotopic (exact) mass is 336 g/mol. The molecule has 0 saturated heterocycles. The summed E-state index contributed by atoms with van der Waals surface area (Å²) in [5.74, 6) is -0.654. The van der Waals surface area contributed by atoms with Crippen LogP contribution in [0.1, 0.15) is 26.3 Å². The van der Waals surface area contributed by atoms with Gasteiger partial charge in [0.15, 0.2) is 0 Å². The van der Waals surface area contributed by atoms with Gasteiger partial charge < -0.3 is 14.5 Å². The Hall–Kier alpha value is -3.08. The molecule has 0 fully saturated rings. The number of anilines is 2. The third-order valence-corrected chi connectivity index (χ3v) is 3.55. The van der Waals surface area contributed by atoms with E-state index in [0.29, 0.717) is 11.3 Å². The number of fused-ring (bicyclic) bond motifs is 1. The molecule has 0 aliphatic rings. The molecule has 1 heterocycles. The third kappa shape index (κ3) is 3.71. The highest BCUT2D eigenvalue weighted by Gasteiger charge is 2.23. The zero-order valence-corrected chi connectivity index (χ0v) is 14.4. The van der Waals surface area contributed by atoms with Crippen LogP contribution in [0.25, 0.3) is 11.0 Å². The van der Waals surface area contributed by atoms with Gasteiger partial charge in [-0.15, -0.1) is 0 Å². The van der Waals surface area contributed by atoms with Crippen molar-refractivity contribution in [1.82, 2.24) is 0 Å². The molecular formula is C20H20N2O3. The number of carbonyl (C=O) groups is 1. The van der Waals surface area contributed by atoms with E-state index in [0.717, 1.165) is 16.7 Å². The van der Waals surface area contributed by atoms with E-state index in [1.165, 1.54) is 0 Å². The molecule has 0 aliphatic carbocycles. The molecule has 3 aromatic rings. The van der Waals surface area contributed by atoms with Gasteiger partial charge in [-0.3, -0.25) is 5.41 Å². The molecule has 5 nitrogen and oxygen atoms in total. The first-order valence-electron chi connectivity index (χ1n) is 8.00. The predicted molar refractivity (Wildman–Crippen MR) is 98.6 cm³/mol. The van der Waals surface area contributed by atoms with Crippen LogP contribution in [-0.2, 0) is 9.53 Å². The van der Waals surface area contributed by atoms with Crippen molar-refractivity contribution in [1.29, 1.82) is 5.41 Å². The molecule has 0 atom stereocenters. The maximum absolute atomic E-state index is 12.2. The summed E-state index contributed by atoms with van der Waals surface area (Å²) >= 11 is 0. The topological polar surface area (TPSA) is 75.3 Å². The van der Waals surface area contributed by atoms with E-state index in [9.17, 15) is 4.79 Å². The largest absolute Gasteiger partial charge is 0.462 e.